The number of para-hydroxylation sites is 2. The van der Waals surface area contributed by atoms with Crippen LogP contribution >= 0.6 is 0 Å². The summed E-state index contributed by atoms with van der Waals surface area (Å²) in [6.45, 7) is 5.91. The highest BCUT2D eigenvalue weighted by Crippen LogP contribution is 2.46. The lowest BCUT2D eigenvalue weighted by Gasteiger charge is -2.28. The number of fused-ring (bicyclic) bond motifs is 1. The molecule has 0 spiro atoms. The highest BCUT2D eigenvalue weighted by Gasteiger charge is 2.39. The molecule has 0 unspecified atom stereocenters. The average Bonchev–Trinajstić information content (AvgIpc) is 2.98. The summed E-state index contributed by atoms with van der Waals surface area (Å²) in [5, 5.41) is 10.5. The van der Waals surface area contributed by atoms with Crippen molar-refractivity contribution in [3.63, 3.8) is 0 Å². The summed E-state index contributed by atoms with van der Waals surface area (Å²) >= 11 is 0. The number of hydrogen-bond donors (Lipinski definition) is 1. The quantitative estimate of drug-likeness (QED) is 0.582. The van der Waals surface area contributed by atoms with Gasteiger partial charge < -0.3 is 4.90 Å². The number of nitrogens with one attached hydrogen (secondary N) is 1. The molecule has 0 aromatic heterocycles. The molecule has 6 heteroatoms. The molecule has 2 heterocycles. The van der Waals surface area contributed by atoms with Gasteiger partial charge in [-0.15, -0.1) is 0 Å². The normalized spacial score (nSPS) is 20.1. The highest BCUT2D eigenvalue weighted by molar-refractivity contribution is 6.18. The van der Waals surface area contributed by atoms with E-state index >= 15 is 0 Å². The second-order valence-electron chi connectivity index (χ2n) is 8.37. The van der Waals surface area contributed by atoms with Gasteiger partial charge in [0.25, 0.3) is 11.8 Å². The molecule has 32 heavy (non-hydrogen) atoms. The number of carbonyl (C=O) groups is 2. The molecule has 160 valence electrons. The number of rotatable bonds is 3. The number of nitrogens with zero attached hydrogens (tertiary/aromatic N) is 3. The fraction of sp³-hybridized carbons (Fsp3) is 0.192. The standard InChI is InChI=1S/C26H24N4O2/c1-17-19(14-15-23-26(2,3)21-12-8-9-13-22(21)29(23)4)24(31)30(25(32)20(17)16-27)28-18-10-6-5-7-11-18/h5-15,28H,1-4H3/b19-14+,23-15-. The molecule has 0 atom stereocenters. The third-order valence-corrected chi connectivity index (χ3v) is 6.10. The van der Waals surface area contributed by atoms with Gasteiger partial charge in [-0.3, -0.25) is 15.0 Å². The van der Waals surface area contributed by atoms with Crippen LogP contribution in [0.3, 0.4) is 0 Å². The molecule has 2 amide bonds. The summed E-state index contributed by atoms with van der Waals surface area (Å²) in [6, 6.07) is 19.1. The van der Waals surface area contributed by atoms with Crippen LogP contribution < -0.4 is 10.3 Å². The van der Waals surface area contributed by atoms with Crippen molar-refractivity contribution < 1.29 is 9.59 Å². The molecule has 2 aliphatic heterocycles. The second-order valence-corrected chi connectivity index (χ2v) is 8.37. The number of hydrogen-bond acceptors (Lipinski definition) is 5. The Morgan fingerprint density at radius 2 is 1.62 bits per heavy atom. The molecule has 0 fully saturated rings. The van der Waals surface area contributed by atoms with Crippen LogP contribution in [0, 0.1) is 11.3 Å². The number of hydrazine groups is 1. The van der Waals surface area contributed by atoms with E-state index < -0.39 is 11.8 Å². The lowest BCUT2D eigenvalue weighted by molar-refractivity contribution is -0.138. The maximum absolute atomic E-state index is 13.3. The number of allylic oxidation sites excluding steroid dienone is 3. The van der Waals surface area contributed by atoms with Gasteiger partial charge in [0.05, 0.1) is 5.69 Å². The Hall–Kier alpha value is -4.11. The van der Waals surface area contributed by atoms with E-state index in [1.165, 1.54) is 5.56 Å². The summed E-state index contributed by atoms with van der Waals surface area (Å²) in [5.41, 5.74) is 7.12. The van der Waals surface area contributed by atoms with Crippen molar-refractivity contribution in [2.75, 3.05) is 17.4 Å². The Morgan fingerprint density at radius 1 is 0.969 bits per heavy atom. The van der Waals surface area contributed by atoms with Crippen LogP contribution in [-0.2, 0) is 15.0 Å². The first-order valence-corrected chi connectivity index (χ1v) is 10.3. The van der Waals surface area contributed by atoms with Crippen LogP contribution in [0.25, 0.3) is 0 Å². The van der Waals surface area contributed by atoms with E-state index in [0.29, 0.717) is 16.8 Å². The van der Waals surface area contributed by atoms with Gasteiger partial charge in [-0.05, 0) is 48.4 Å². The number of carbonyl (C=O) groups excluding carboxylic acids is 2. The van der Waals surface area contributed by atoms with Crippen LogP contribution in [-0.4, -0.2) is 23.9 Å². The third kappa shape index (κ3) is 3.28. The molecule has 2 aliphatic rings. The van der Waals surface area contributed by atoms with Crippen molar-refractivity contribution in [2.24, 2.45) is 0 Å². The zero-order valence-electron chi connectivity index (χ0n) is 18.5. The van der Waals surface area contributed by atoms with Crippen molar-refractivity contribution in [3.8, 4) is 6.07 Å². The first-order valence-electron chi connectivity index (χ1n) is 10.3. The molecule has 0 saturated carbocycles. The van der Waals surface area contributed by atoms with Crippen LogP contribution in [0.4, 0.5) is 11.4 Å². The van der Waals surface area contributed by atoms with Gasteiger partial charge in [0.15, 0.2) is 0 Å². The monoisotopic (exact) mass is 424 g/mol. The van der Waals surface area contributed by atoms with Crippen molar-refractivity contribution in [1.29, 1.82) is 5.26 Å². The summed E-state index contributed by atoms with van der Waals surface area (Å²) in [5.74, 6) is -1.16. The number of likely N-dealkylation sites (N-methyl/N-ethyl adjacent to an activating group) is 1. The fourth-order valence-electron chi connectivity index (χ4n) is 4.32. The maximum atomic E-state index is 13.3. The number of imide groups is 1. The predicted molar refractivity (Wildman–Crippen MR) is 124 cm³/mol. The highest BCUT2D eigenvalue weighted by atomic mass is 16.2. The van der Waals surface area contributed by atoms with E-state index in [9.17, 15) is 14.9 Å². The maximum Gasteiger partial charge on any atom is 0.290 e. The van der Waals surface area contributed by atoms with E-state index in [2.05, 4.69) is 36.3 Å². The predicted octanol–water partition coefficient (Wildman–Crippen LogP) is 4.46. The van der Waals surface area contributed by atoms with E-state index in [0.717, 1.165) is 16.4 Å². The minimum Gasteiger partial charge on any atom is -0.347 e. The topological polar surface area (TPSA) is 76.4 Å². The van der Waals surface area contributed by atoms with E-state index in [-0.39, 0.29) is 11.0 Å². The van der Waals surface area contributed by atoms with Crippen molar-refractivity contribution in [3.05, 3.63) is 94.7 Å². The van der Waals surface area contributed by atoms with Crippen LogP contribution in [0.15, 0.2) is 89.2 Å². The second kappa shape index (κ2) is 7.86. The molecule has 0 bridgehead atoms. The minimum absolute atomic E-state index is 0.0556. The first-order chi connectivity index (χ1) is 15.3. The Kier molecular flexibility index (Phi) is 5.19. The smallest absolute Gasteiger partial charge is 0.290 e. The van der Waals surface area contributed by atoms with Crippen molar-refractivity contribution in [1.82, 2.24) is 5.01 Å². The molecule has 0 aliphatic carbocycles. The van der Waals surface area contributed by atoms with Crippen molar-refractivity contribution >= 4 is 23.2 Å². The Morgan fingerprint density at radius 3 is 2.28 bits per heavy atom. The Balaban J connectivity index is 1.77. The summed E-state index contributed by atoms with van der Waals surface area (Å²) < 4.78 is 0. The molecule has 4 rings (SSSR count). The number of amides is 2. The van der Waals surface area contributed by atoms with Gasteiger partial charge in [0.1, 0.15) is 11.6 Å². The van der Waals surface area contributed by atoms with E-state index in [1.807, 2.05) is 37.4 Å². The Labute approximate surface area is 187 Å². The fourth-order valence-corrected chi connectivity index (χ4v) is 4.32. The zero-order chi connectivity index (χ0) is 23.0. The molecule has 6 nitrogen and oxygen atoms in total. The van der Waals surface area contributed by atoms with Gasteiger partial charge in [0.2, 0.25) is 0 Å². The summed E-state index contributed by atoms with van der Waals surface area (Å²) in [7, 11) is 2.00. The largest absolute Gasteiger partial charge is 0.347 e. The molecule has 2 aromatic carbocycles. The van der Waals surface area contributed by atoms with Gasteiger partial charge >= 0.3 is 0 Å². The molecule has 1 N–H and O–H groups in total. The third-order valence-electron chi connectivity index (χ3n) is 6.10. The summed E-state index contributed by atoms with van der Waals surface area (Å²) in [4.78, 5) is 28.2. The SMILES string of the molecule is CC1=C(C#N)C(=O)N(Nc2ccccc2)C(=O)/C1=C/C=C1\N(C)c2ccccc2C1(C)C. The lowest BCUT2D eigenvalue weighted by Crippen LogP contribution is -2.46. The number of anilines is 2. The molecule has 0 saturated heterocycles. The number of benzene rings is 2. The van der Waals surface area contributed by atoms with Crippen LogP contribution in [0.1, 0.15) is 26.3 Å². The molecular formula is C26H24N4O2. The van der Waals surface area contributed by atoms with E-state index in [1.54, 1.807) is 37.3 Å². The van der Waals surface area contributed by atoms with Crippen molar-refractivity contribution in [2.45, 2.75) is 26.2 Å². The van der Waals surface area contributed by atoms with Gasteiger partial charge in [-0.1, -0.05) is 50.2 Å². The lowest BCUT2D eigenvalue weighted by atomic mass is 9.83. The molecular weight excluding hydrogens is 400 g/mol. The number of nitriles is 1. The molecule has 0 radical (unpaired) electrons. The van der Waals surface area contributed by atoms with Gasteiger partial charge in [0, 0.05) is 29.4 Å². The Bertz CT molecular complexity index is 1250. The summed E-state index contributed by atoms with van der Waals surface area (Å²) in [6.07, 6.45) is 3.61. The minimum atomic E-state index is -0.658. The van der Waals surface area contributed by atoms with Gasteiger partial charge in [-0.2, -0.15) is 10.3 Å². The average molecular weight is 425 g/mol. The zero-order valence-corrected chi connectivity index (χ0v) is 18.5. The first kappa shape index (κ1) is 21.1. The molecule has 2 aromatic rings. The van der Waals surface area contributed by atoms with Crippen LogP contribution in [0.5, 0.6) is 0 Å². The van der Waals surface area contributed by atoms with Gasteiger partial charge in [-0.25, -0.2) is 0 Å². The van der Waals surface area contributed by atoms with E-state index in [4.69, 9.17) is 0 Å². The van der Waals surface area contributed by atoms with Crippen LogP contribution in [0.2, 0.25) is 0 Å².